The predicted octanol–water partition coefficient (Wildman–Crippen LogP) is 2.14. The van der Waals surface area contributed by atoms with E-state index >= 15 is 0 Å². The molecular weight excluding hydrogens is 228 g/mol. The summed E-state index contributed by atoms with van der Waals surface area (Å²) in [5.41, 5.74) is 1.01. The van der Waals surface area contributed by atoms with Crippen LogP contribution in [0.2, 0.25) is 0 Å². The monoisotopic (exact) mass is 250 g/mol. The first-order valence-corrected chi connectivity index (χ1v) is 6.78. The molecule has 1 atom stereocenters. The van der Waals surface area contributed by atoms with Gasteiger partial charge in [0.25, 0.3) is 0 Å². The second kappa shape index (κ2) is 7.34. The van der Waals surface area contributed by atoms with Crippen molar-refractivity contribution in [2.24, 2.45) is 0 Å². The summed E-state index contributed by atoms with van der Waals surface area (Å²) in [6.45, 7) is 5.33. The van der Waals surface area contributed by atoms with Gasteiger partial charge in [0.2, 0.25) is 0 Å². The molecule has 0 bridgehead atoms. The first kappa shape index (κ1) is 13.3. The van der Waals surface area contributed by atoms with Gasteiger partial charge in [-0.1, -0.05) is 6.92 Å². The lowest BCUT2D eigenvalue weighted by molar-refractivity contribution is -0.0111. The van der Waals surface area contributed by atoms with Crippen molar-refractivity contribution >= 4 is 0 Å². The predicted molar refractivity (Wildman–Crippen MR) is 70.7 cm³/mol. The van der Waals surface area contributed by atoms with E-state index in [1.165, 1.54) is 12.8 Å². The Balaban J connectivity index is 1.80. The molecule has 0 radical (unpaired) electrons. The summed E-state index contributed by atoms with van der Waals surface area (Å²) in [6.07, 6.45) is 5.58. The molecule has 2 heterocycles. The van der Waals surface area contributed by atoms with Crippen molar-refractivity contribution in [1.29, 1.82) is 0 Å². The molecule has 0 amide bonds. The Morgan fingerprint density at radius 3 is 3.22 bits per heavy atom. The lowest BCUT2D eigenvalue weighted by Crippen LogP contribution is -2.25. The van der Waals surface area contributed by atoms with Crippen LogP contribution < -0.4 is 10.1 Å². The molecule has 1 aromatic rings. The molecule has 1 N–H and O–H groups in total. The minimum atomic E-state index is 0.254. The third-order valence-corrected chi connectivity index (χ3v) is 3.05. The van der Waals surface area contributed by atoms with Gasteiger partial charge in [0.05, 0.1) is 11.8 Å². The molecule has 1 aromatic heterocycles. The van der Waals surface area contributed by atoms with Gasteiger partial charge in [-0.15, -0.1) is 0 Å². The standard InChI is InChI=1S/C14H22N2O2/c1-2-15-10-12-9-13(6-7-16-12)18-11-14-5-3-4-8-17-14/h6-7,9,14-15H,2-5,8,10-11H2,1H3. The summed E-state index contributed by atoms with van der Waals surface area (Å²) in [5, 5.41) is 3.25. The molecule has 18 heavy (non-hydrogen) atoms. The van der Waals surface area contributed by atoms with Crippen LogP contribution in [0.4, 0.5) is 0 Å². The molecule has 4 nitrogen and oxygen atoms in total. The molecule has 100 valence electrons. The molecule has 1 saturated heterocycles. The number of hydrogen-bond donors (Lipinski definition) is 1. The van der Waals surface area contributed by atoms with Crippen LogP contribution in [-0.2, 0) is 11.3 Å². The fourth-order valence-electron chi connectivity index (χ4n) is 2.02. The first-order valence-electron chi connectivity index (χ1n) is 6.78. The van der Waals surface area contributed by atoms with E-state index in [0.717, 1.165) is 37.6 Å². The van der Waals surface area contributed by atoms with E-state index in [-0.39, 0.29) is 6.10 Å². The van der Waals surface area contributed by atoms with E-state index in [4.69, 9.17) is 9.47 Å². The Bertz CT molecular complexity index is 351. The van der Waals surface area contributed by atoms with Gasteiger partial charge in [0.1, 0.15) is 12.4 Å². The molecule has 0 saturated carbocycles. The largest absolute Gasteiger partial charge is 0.491 e. The van der Waals surface area contributed by atoms with Crippen LogP contribution in [0.3, 0.4) is 0 Å². The minimum Gasteiger partial charge on any atom is -0.491 e. The van der Waals surface area contributed by atoms with Crippen molar-refractivity contribution in [3.63, 3.8) is 0 Å². The summed E-state index contributed by atoms with van der Waals surface area (Å²) in [4.78, 5) is 4.30. The van der Waals surface area contributed by atoms with Crippen molar-refractivity contribution in [3.05, 3.63) is 24.0 Å². The minimum absolute atomic E-state index is 0.254. The zero-order chi connectivity index (χ0) is 12.6. The van der Waals surface area contributed by atoms with E-state index < -0.39 is 0 Å². The molecule has 4 heteroatoms. The molecule has 1 fully saturated rings. The number of rotatable bonds is 6. The van der Waals surface area contributed by atoms with Crippen LogP contribution >= 0.6 is 0 Å². The highest BCUT2D eigenvalue weighted by Gasteiger charge is 2.14. The Hall–Kier alpha value is -1.13. The third-order valence-electron chi connectivity index (χ3n) is 3.05. The topological polar surface area (TPSA) is 43.4 Å². The lowest BCUT2D eigenvalue weighted by Gasteiger charge is -2.22. The van der Waals surface area contributed by atoms with Crippen LogP contribution in [-0.4, -0.2) is 30.8 Å². The fraction of sp³-hybridized carbons (Fsp3) is 0.643. The molecule has 1 unspecified atom stereocenters. The van der Waals surface area contributed by atoms with Gasteiger partial charge in [0.15, 0.2) is 0 Å². The zero-order valence-corrected chi connectivity index (χ0v) is 11.0. The van der Waals surface area contributed by atoms with Crippen LogP contribution in [0.25, 0.3) is 0 Å². The van der Waals surface area contributed by atoms with Gasteiger partial charge in [-0.2, -0.15) is 0 Å². The summed E-state index contributed by atoms with van der Waals surface area (Å²) in [5.74, 6) is 0.882. The lowest BCUT2D eigenvalue weighted by atomic mass is 10.1. The van der Waals surface area contributed by atoms with E-state index in [9.17, 15) is 0 Å². The number of ether oxygens (including phenoxy) is 2. The quantitative estimate of drug-likeness (QED) is 0.840. The molecule has 0 aliphatic carbocycles. The van der Waals surface area contributed by atoms with Gasteiger partial charge in [-0.3, -0.25) is 4.98 Å². The van der Waals surface area contributed by atoms with Gasteiger partial charge in [-0.25, -0.2) is 0 Å². The zero-order valence-electron chi connectivity index (χ0n) is 11.0. The second-order valence-electron chi connectivity index (χ2n) is 4.56. The van der Waals surface area contributed by atoms with Gasteiger partial charge in [0, 0.05) is 25.4 Å². The normalized spacial score (nSPS) is 19.7. The Kier molecular flexibility index (Phi) is 5.42. The average Bonchev–Trinajstić information content (AvgIpc) is 2.44. The van der Waals surface area contributed by atoms with Crippen molar-refractivity contribution in [3.8, 4) is 5.75 Å². The van der Waals surface area contributed by atoms with Crippen LogP contribution in [0.15, 0.2) is 18.3 Å². The summed E-state index contributed by atoms with van der Waals surface area (Å²) < 4.78 is 11.4. The van der Waals surface area contributed by atoms with Gasteiger partial charge >= 0.3 is 0 Å². The van der Waals surface area contributed by atoms with Crippen LogP contribution in [0.5, 0.6) is 5.75 Å². The molecule has 1 aliphatic heterocycles. The average molecular weight is 250 g/mol. The van der Waals surface area contributed by atoms with E-state index in [1.54, 1.807) is 6.20 Å². The number of aromatic nitrogens is 1. The Morgan fingerprint density at radius 1 is 1.50 bits per heavy atom. The molecule has 2 rings (SSSR count). The van der Waals surface area contributed by atoms with Gasteiger partial charge in [-0.05, 0) is 31.9 Å². The van der Waals surface area contributed by atoms with Crippen molar-refractivity contribution in [2.75, 3.05) is 19.8 Å². The fourth-order valence-corrected chi connectivity index (χ4v) is 2.02. The van der Waals surface area contributed by atoms with Crippen LogP contribution in [0, 0.1) is 0 Å². The second-order valence-corrected chi connectivity index (χ2v) is 4.56. The van der Waals surface area contributed by atoms with E-state index in [1.807, 2.05) is 12.1 Å². The number of nitrogens with zero attached hydrogens (tertiary/aromatic N) is 1. The Labute approximate surface area is 109 Å². The van der Waals surface area contributed by atoms with Crippen molar-refractivity contribution in [2.45, 2.75) is 38.8 Å². The number of pyridine rings is 1. The maximum Gasteiger partial charge on any atom is 0.122 e. The highest BCUT2D eigenvalue weighted by Crippen LogP contribution is 2.16. The molecule has 0 spiro atoms. The maximum absolute atomic E-state index is 5.77. The highest BCUT2D eigenvalue weighted by molar-refractivity contribution is 5.22. The van der Waals surface area contributed by atoms with Crippen LogP contribution in [0.1, 0.15) is 31.9 Å². The van der Waals surface area contributed by atoms with E-state index in [0.29, 0.717) is 6.61 Å². The first-order chi connectivity index (χ1) is 8.88. The SMILES string of the molecule is CCNCc1cc(OCC2CCCCO2)ccn1. The molecular formula is C14H22N2O2. The number of nitrogens with one attached hydrogen (secondary N) is 1. The van der Waals surface area contributed by atoms with Gasteiger partial charge < -0.3 is 14.8 Å². The summed E-state index contributed by atoms with van der Waals surface area (Å²) in [6, 6.07) is 3.89. The Morgan fingerprint density at radius 2 is 2.44 bits per heavy atom. The number of hydrogen-bond acceptors (Lipinski definition) is 4. The third kappa shape index (κ3) is 4.27. The highest BCUT2D eigenvalue weighted by atomic mass is 16.5. The molecule has 1 aliphatic rings. The maximum atomic E-state index is 5.77. The van der Waals surface area contributed by atoms with Crippen molar-refractivity contribution in [1.82, 2.24) is 10.3 Å². The molecule has 0 aromatic carbocycles. The van der Waals surface area contributed by atoms with Crippen molar-refractivity contribution < 1.29 is 9.47 Å². The smallest absolute Gasteiger partial charge is 0.122 e. The van der Waals surface area contributed by atoms with E-state index in [2.05, 4.69) is 17.2 Å². The summed E-state index contributed by atoms with van der Waals surface area (Å²) >= 11 is 0. The summed E-state index contributed by atoms with van der Waals surface area (Å²) in [7, 11) is 0.